The van der Waals surface area contributed by atoms with E-state index in [1.807, 2.05) is 24.3 Å². The summed E-state index contributed by atoms with van der Waals surface area (Å²) in [5, 5.41) is 5.19. The molecular formula is C17H14F2N2. The van der Waals surface area contributed by atoms with Crippen LogP contribution in [0.5, 0.6) is 0 Å². The highest BCUT2D eigenvalue weighted by Crippen LogP contribution is 2.41. The molecule has 0 unspecified atom stereocenters. The first kappa shape index (κ1) is 12.5. The number of rotatable bonds is 3. The molecule has 21 heavy (non-hydrogen) atoms. The summed E-state index contributed by atoms with van der Waals surface area (Å²) in [4.78, 5) is 0. The zero-order chi connectivity index (χ0) is 14.4. The van der Waals surface area contributed by atoms with Crippen molar-refractivity contribution in [1.29, 1.82) is 0 Å². The van der Waals surface area contributed by atoms with Gasteiger partial charge in [-0.3, -0.25) is 4.68 Å². The molecule has 4 heteroatoms. The fourth-order valence-corrected chi connectivity index (χ4v) is 2.73. The Labute approximate surface area is 121 Å². The van der Waals surface area contributed by atoms with Crippen molar-refractivity contribution in [2.45, 2.75) is 25.3 Å². The summed E-state index contributed by atoms with van der Waals surface area (Å²) in [6.07, 6.45) is 3.77. The third-order valence-corrected chi connectivity index (χ3v) is 4.07. The number of benzene rings is 2. The van der Waals surface area contributed by atoms with Gasteiger partial charge in [0.1, 0.15) is 11.6 Å². The molecule has 4 rings (SSSR count). The van der Waals surface area contributed by atoms with E-state index in [4.69, 9.17) is 0 Å². The van der Waals surface area contributed by atoms with Crippen LogP contribution in [-0.2, 0) is 6.54 Å². The van der Waals surface area contributed by atoms with Gasteiger partial charge in [-0.05, 0) is 42.5 Å². The van der Waals surface area contributed by atoms with Crippen LogP contribution in [0.3, 0.4) is 0 Å². The third kappa shape index (κ3) is 2.20. The van der Waals surface area contributed by atoms with Crippen LogP contribution in [0.25, 0.3) is 10.9 Å². The molecule has 1 saturated carbocycles. The van der Waals surface area contributed by atoms with Crippen molar-refractivity contribution in [2.75, 3.05) is 0 Å². The number of halogens is 2. The van der Waals surface area contributed by atoms with Gasteiger partial charge in [0.05, 0.1) is 18.3 Å². The second kappa shape index (κ2) is 4.65. The molecular weight excluding hydrogens is 270 g/mol. The van der Waals surface area contributed by atoms with E-state index in [0.29, 0.717) is 5.92 Å². The molecule has 0 spiro atoms. The van der Waals surface area contributed by atoms with Crippen molar-refractivity contribution < 1.29 is 8.78 Å². The van der Waals surface area contributed by atoms with Crippen LogP contribution in [0, 0.1) is 11.6 Å². The lowest BCUT2D eigenvalue weighted by molar-refractivity contribution is 0.534. The van der Waals surface area contributed by atoms with Gasteiger partial charge in [-0.15, -0.1) is 0 Å². The molecule has 3 aromatic rings. The summed E-state index contributed by atoms with van der Waals surface area (Å²) in [6, 6.07) is 10.6. The second-order valence-electron chi connectivity index (χ2n) is 5.60. The lowest BCUT2D eigenvalue weighted by Gasteiger charge is -2.09. The average molecular weight is 284 g/mol. The molecule has 1 heterocycles. The fraction of sp³-hybridized carbons (Fsp3) is 0.235. The van der Waals surface area contributed by atoms with Gasteiger partial charge in [-0.1, -0.05) is 18.2 Å². The minimum Gasteiger partial charge on any atom is -0.260 e. The zero-order valence-corrected chi connectivity index (χ0v) is 11.4. The Morgan fingerprint density at radius 1 is 1.10 bits per heavy atom. The SMILES string of the molecule is Fc1cc(C2CC2)cc(F)c1Cn1ncc2ccccc21. The zero-order valence-electron chi connectivity index (χ0n) is 11.4. The largest absolute Gasteiger partial charge is 0.260 e. The quantitative estimate of drug-likeness (QED) is 0.703. The van der Waals surface area contributed by atoms with E-state index in [9.17, 15) is 8.78 Å². The standard InChI is InChI=1S/C17H14F2N2/c18-15-7-13(11-5-6-11)8-16(19)14(15)10-21-17-4-2-1-3-12(17)9-20-21/h1-4,7-9,11H,5-6,10H2. The third-order valence-electron chi connectivity index (χ3n) is 4.07. The summed E-state index contributed by atoms with van der Waals surface area (Å²) >= 11 is 0. The van der Waals surface area contributed by atoms with Crippen LogP contribution >= 0.6 is 0 Å². The van der Waals surface area contributed by atoms with Crippen molar-refractivity contribution in [3.8, 4) is 0 Å². The Hall–Kier alpha value is -2.23. The van der Waals surface area contributed by atoms with Crippen molar-refractivity contribution >= 4 is 10.9 Å². The Morgan fingerprint density at radius 3 is 2.52 bits per heavy atom. The van der Waals surface area contributed by atoms with Gasteiger partial charge in [0.15, 0.2) is 0 Å². The maximum absolute atomic E-state index is 14.2. The predicted molar refractivity (Wildman–Crippen MR) is 77.2 cm³/mol. The van der Waals surface area contributed by atoms with E-state index in [1.165, 1.54) is 12.1 Å². The van der Waals surface area contributed by atoms with Gasteiger partial charge in [0.25, 0.3) is 0 Å². The van der Waals surface area contributed by atoms with E-state index >= 15 is 0 Å². The Kier molecular flexibility index (Phi) is 2.77. The smallest absolute Gasteiger partial charge is 0.131 e. The molecule has 1 aliphatic carbocycles. The highest BCUT2D eigenvalue weighted by molar-refractivity contribution is 5.78. The van der Waals surface area contributed by atoms with Gasteiger partial charge in [-0.2, -0.15) is 5.10 Å². The van der Waals surface area contributed by atoms with E-state index in [2.05, 4.69) is 5.10 Å². The lowest BCUT2D eigenvalue weighted by atomic mass is 10.1. The first-order chi connectivity index (χ1) is 10.2. The molecule has 1 fully saturated rings. The van der Waals surface area contributed by atoms with Gasteiger partial charge in [-0.25, -0.2) is 8.78 Å². The van der Waals surface area contributed by atoms with Crippen LogP contribution in [-0.4, -0.2) is 9.78 Å². The molecule has 0 saturated heterocycles. The molecule has 2 aromatic carbocycles. The van der Waals surface area contributed by atoms with E-state index in [0.717, 1.165) is 29.3 Å². The molecule has 0 bridgehead atoms. The van der Waals surface area contributed by atoms with Crippen LogP contribution in [0.2, 0.25) is 0 Å². The summed E-state index contributed by atoms with van der Waals surface area (Å²) in [5.74, 6) is -0.610. The maximum atomic E-state index is 14.2. The normalized spacial score (nSPS) is 14.8. The monoisotopic (exact) mass is 284 g/mol. The Bertz CT molecular complexity index is 796. The van der Waals surface area contributed by atoms with Crippen LogP contribution in [0.4, 0.5) is 8.78 Å². The molecule has 1 aliphatic rings. The highest BCUT2D eigenvalue weighted by Gasteiger charge is 2.26. The van der Waals surface area contributed by atoms with Gasteiger partial charge < -0.3 is 0 Å². The van der Waals surface area contributed by atoms with Gasteiger partial charge in [0, 0.05) is 10.9 Å². The van der Waals surface area contributed by atoms with Crippen LogP contribution in [0.15, 0.2) is 42.6 Å². The van der Waals surface area contributed by atoms with Crippen molar-refractivity contribution in [2.24, 2.45) is 0 Å². The number of hydrogen-bond donors (Lipinski definition) is 0. The first-order valence-corrected chi connectivity index (χ1v) is 7.11. The molecule has 2 nitrogen and oxygen atoms in total. The van der Waals surface area contributed by atoms with E-state index in [1.54, 1.807) is 10.9 Å². The summed E-state index contributed by atoms with van der Waals surface area (Å²) < 4.78 is 30.1. The topological polar surface area (TPSA) is 17.8 Å². The number of para-hydroxylation sites is 1. The highest BCUT2D eigenvalue weighted by atomic mass is 19.1. The van der Waals surface area contributed by atoms with Crippen molar-refractivity contribution in [3.63, 3.8) is 0 Å². The Morgan fingerprint density at radius 2 is 1.81 bits per heavy atom. The van der Waals surface area contributed by atoms with Gasteiger partial charge >= 0.3 is 0 Å². The number of fused-ring (bicyclic) bond motifs is 1. The second-order valence-corrected chi connectivity index (χ2v) is 5.60. The minimum absolute atomic E-state index is 0.0771. The number of hydrogen-bond acceptors (Lipinski definition) is 1. The summed E-state index contributed by atoms with van der Waals surface area (Å²) in [5.41, 5.74) is 1.73. The van der Waals surface area contributed by atoms with Gasteiger partial charge in [0.2, 0.25) is 0 Å². The van der Waals surface area contributed by atoms with Crippen molar-refractivity contribution in [1.82, 2.24) is 9.78 Å². The average Bonchev–Trinajstić information content (AvgIpc) is 3.25. The van der Waals surface area contributed by atoms with Crippen molar-refractivity contribution in [3.05, 3.63) is 65.4 Å². The number of nitrogens with zero attached hydrogens (tertiary/aromatic N) is 2. The molecule has 106 valence electrons. The van der Waals surface area contributed by atoms with Crippen LogP contribution < -0.4 is 0 Å². The molecule has 1 aromatic heterocycles. The van der Waals surface area contributed by atoms with E-state index < -0.39 is 11.6 Å². The fourth-order valence-electron chi connectivity index (χ4n) is 2.73. The van der Waals surface area contributed by atoms with Crippen LogP contribution in [0.1, 0.15) is 29.9 Å². The number of aromatic nitrogens is 2. The maximum Gasteiger partial charge on any atom is 0.131 e. The molecule has 0 N–H and O–H groups in total. The molecule has 0 atom stereocenters. The molecule has 0 amide bonds. The summed E-state index contributed by atoms with van der Waals surface area (Å²) in [6.45, 7) is 0.107. The predicted octanol–water partition coefficient (Wildman–Crippen LogP) is 4.24. The summed E-state index contributed by atoms with van der Waals surface area (Å²) in [7, 11) is 0. The van der Waals surface area contributed by atoms with E-state index in [-0.39, 0.29) is 12.1 Å². The first-order valence-electron chi connectivity index (χ1n) is 7.11. The minimum atomic E-state index is -0.475. The lowest BCUT2D eigenvalue weighted by Crippen LogP contribution is -2.07. The Balaban J connectivity index is 1.73. The molecule has 0 aliphatic heterocycles. The molecule has 0 radical (unpaired) electrons.